The van der Waals surface area contributed by atoms with E-state index in [1.54, 1.807) is 0 Å². The van der Waals surface area contributed by atoms with E-state index in [4.69, 9.17) is 5.73 Å². The molecule has 0 amide bonds. The molecular formula is C14H15BrN2. The lowest BCUT2D eigenvalue weighted by molar-refractivity contribution is 0.850. The predicted molar refractivity (Wildman–Crippen MR) is 73.9 cm³/mol. The summed E-state index contributed by atoms with van der Waals surface area (Å²) >= 11 is 3.53. The number of nitrogens with two attached hydrogens (primary N) is 1. The van der Waals surface area contributed by atoms with Gasteiger partial charge < -0.3 is 5.73 Å². The van der Waals surface area contributed by atoms with Crippen LogP contribution in [0.5, 0.6) is 0 Å². The Bertz CT molecular complexity index is 520. The summed E-state index contributed by atoms with van der Waals surface area (Å²) in [7, 11) is 0. The van der Waals surface area contributed by atoms with Crippen molar-refractivity contribution in [1.29, 1.82) is 0 Å². The number of pyridine rings is 1. The Morgan fingerprint density at radius 1 is 1.18 bits per heavy atom. The molecule has 0 aliphatic heterocycles. The molecule has 88 valence electrons. The standard InChI is InChI=1S/C14H15BrN2/c1-9-6-7-11(8-17-9)14(16)12-4-3-5-13(15)10(12)2/h3-8,14H,16H2,1-2H3. The van der Waals surface area contributed by atoms with Crippen LogP contribution in [0.25, 0.3) is 0 Å². The molecule has 0 aliphatic carbocycles. The summed E-state index contributed by atoms with van der Waals surface area (Å²) in [4.78, 5) is 4.29. The Morgan fingerprint density at radius 2 is 1.94 bits per heavy atom. The number of hydrogen-bond donors (Lipinski definition) is 1. The highest BCUT2D eigenvalue weighted by molar-refractivity contribution is 9.10. The summed E-state index contributed by atoms with van der Waals surface area (Å²) in [6.45, 7) is 4.04. The molecule has 0 radical (unpaired) electrons. The Morgan fingerprint density at radius 3 is 2.59 bits per heavy atom. The van der Waals surface area contributed by atoms with E-state index in [9.17, 15) is 0 Å². The Kier molecular flexibility index (Phi) is 3.60. The zero-order valence-corrected chi connectivity index (χ0v) is 11.5. The van der Waals surface area contributed by atoms with E-state index < -0.39 is 0 Å². The predicted octanol–water partition coefficient (Wildman–Crippen LogP) is 3.51. The fourth-order valence-corrected chi connectivity index (χ4v) is 2.19. The van der Waals surface area contributed by atoms with Gasteiger partial charge in [-0.15, -0.1) is 0 Å². The van der Waals surface area contributed by atoms with Gasteiger partial charge in [0.15, 0.2) is 0 Å². The maximum atomic E-state index is 6.28. The molecule has 0 bridgehead atoms. The van der Waals surface area contributed by atoms with E-state index in [0.717, 1.165) is 21.3 Å². The molecule has 0 spiro atoms. The van der Waals surface area contributed by atoms with Crippen molar-refractivity contribution in [1.82, 2.24) is 4.98 Å². The van der Waals surface area contributed by atoms with Crippen molar-refractivity contribution in [2.24, 2.45) is 5.73 Å². The average Bonchev–Trinajstić information content (AvgIpc) is 2.33. The molecule has 0 saturated heterocycles. The largest absolute Gasteiger partial charge is 0.320 e. The lowest BCUT2D eigenvalue weighted by Crippen LogP contribution is -2.13. The highest BCUT2D eigenvalue weighted by atomic mass is 79.9. The number of hydrogen-bond acceptors (Lipinski definition) is 2. The molecule has 2 N–H and O–H groups in total. The van der Waals surface area contributed by atoms with Gasteiger partial charge in [0.25, 0.3) is 0 Å². The SMILES string of the molecule is Cc1ccc(C(N)c2cccc(Br)c2C)cn1. The summed E-state index contributed by atoms with van der Waals surface area (Å²) in [5, 5.41) is 0. The minimum absolute atomic E-state index is 0.124. The van der Waals surface area contributed by atoms with E-state index in [1.807, 2.05) is 37.4 Å². The van der Waals surface area contributed by atoms with Crippen molar-refractivity contribution in [2.75, 3.05) is 0 Å². The second-order valence-corrected chi connectivity index (χ2v) is 5.02. The monoisotopic (exact) mass is 290 g/mol. The lowest BCUT2D eigenvalue weighted by atomic mass is 9.97. The third-order valence-electron chi connectivity index (χ3n) is 2.94. The van der Waals surface area contributed by atoms with Crippen molar-refractivity contribution in [3.63, 3.8) is 0 Å². The summed E-state index contributed by atoms with van der Waals surface area (Å²) in [6.07, 6.45) is 1.85. The Balaban J connectivity index is 2.40. The first-order valence-corrected chi connectivity index (χ1v) is 6.32. The molecule has 2 rings (SSSR count). The van der Waals surface area contributed by atoms with Gasteiger partial charge in [-0.25, -0.2) is 0 Å². The van der Waals surface area contributed by atoms with Gasteiger partial charge in [0.1, 0.15) is 0 Å². The molecule has 2 aromatic rings. The first-order chi connectivity index (χ1) is 8.09. The van der Waals surface area contributed by atoms with Gasteiger partial charge in [0.2, 0.25) is 0 Å². The van der Waals surface area contributed by atoms with Gasteiger partial charge in [0.05, 0.1) is 6.04 Å². The number of aromatic nitrogens is 1. The van der Waals surface area contributed by atoms with Crippen LogP contribution in [0.4, 0.5) is 0 Å². The second-order valence-electron chi connectivity index (χ2n) is 4.16. The van der Waals surface area contributed by atoms with Crippen molar-refractivity contribution in [3.05, 3.63) is 63.4 Å². The number of aryl methyl sites for hydroxylation is 1. The van der Waals surface area contributed by atoms with Crippen molar-refractivity contribution >= 4 is 15.9 Å². The van der Waals surface area contributed by atoms with E-state index in [2.05, 4.69) is 33.9 Å². The summed E-state index contributed by atoms with van der Waals surface area (Å²) in [6, 6.07) is 9.99. The molecule has 1 aromatic carbocycles. The fourth-order valence-electron chi connectivity index (χ4n) is 1.80. The van der Waals surface area contributed by atoms with Crippen molar-refractivity contribution in [3.8, 4) is 0 Å². The van der Waals surface area contributed by atoms with Crippen LogP contribution in [0.1, 0.15) is 28.4 Å². The third-order valence-corrected chi connectivity index (χ3v) is 3.80. The van der Waals surface area contributed by atoms with Gasteiger partial charge in [-0.1, -0.05) is 34.1 Å². The minimum Gasteiger partial charge on any atom is -0.320 e. The summed E-state index contributed by atoms with van der Waals surface area (Å²) < 4.78 is 1.09. The fraction of sp³-hybridized carbons (Fsp3) is 0.214. The summed E-state index contributed by atoms with van der Waals surface area (Å²) in [5.74, 6) is 0. The van der Waals surface area contributed by atoms with Crippen LogP contribution in [-0.2, 0) is 0 Å². The molecule has 1 unspecified atom stereocenters. The number of rotatable bonds is 2. The molecule has 17 heavy (non-hydrogen) atoms. The molecule has 1 atom stereocenters. The van der Waals surface area contributed by atoms with Crippen molar-refractivity contribution in [2.45, 2.75) is 19.9 Å². The van der Waals surface area contributed by atoms with Gasteiger partial charge in [-0.05, 0) is 42.7 Å². The van der Waals surface area contributed by atoms with Gasteiger partial charge in [-0.3, -0.25) is 4.98 Å². The lowest BCUT2D eigenvalue weighted by Gasteiger charge is -2.16. The highest BCUT2D eigenvalue weighted by Crippen LogP contribution is 2.27. The van der Waals surface area contributed by atoms with Gasteiger partial charge in [-0.2, -0.15) is 0 Å². The highest BCUT2D eigenvalue weighted by Gasteiger charge is 2.12. The Hall–Kier alpha value is -1.19. The maximum absolute atomic E-state index is 6.28. The topological polar surface area (TPSA) is 38.9 Å². The van der Waals surface area contributed by atoms with Crippen LogP contribution >= 0.6 is 15.9 Å². The molecule has 0 fully saturated rings. The molecule has 0 aliphatic rings. The molecule has 3 heteroatoms. The Labute approximate surface area is 110 Å². The first kappa shape index (κ1) is 12.3. The van der Waals surface area contributed by atoms with Gasteiger partial charge >= 0.3 is 0 Å². The maximum Gasteiger partial charge on any atom is 0.0569 e. The van der Waals surface area contributed by atoms with Crippen LogP contribution in [-0.4, -0.2) is 4.98 Å². The molecule has 2 nitrogen and oxygen atoms in total. The van der Waals surface area contributed by atoms with Crippen molar-refractivity contribution < 1.29 is 0 Å². The number of nitrogens with zero attached hydrogens (tertiary/aromatic N) is 1. The van der Waals surface area contributed by atoms with Crippen LogP contribution in [0.2, 0.25) is 0 Å². The van der Waals surface area contributed by atoms with Crippen LogP contribution in [0.3, 0.4) is 0 Å². The zero-order chi connectivity index (χ0) is 12.4. The second kappa shape index (κ2) is 4.98. The van der Waals surface area contributed by atoms with E-state index >= 15 is 0 Å². The van der Waals surface area contributed by atoms with Gasteiger partial charge in [0, 0.05) is 16.4 Å². The minimum atomic E-state index is -0.124. The summed E-state index contributed by atoms with van der Waals surface area (Å²) in [5.41, 5.74) is 10.6. The van der Waals surface area contributed by atoms with E-state index in [-0.39, 0.29) is 6.04 Å². The van der Waals surface area contributed by atoms with Crippen LogP contribution < -0.4 is 5.73 Å². The third kappa shape index (κ3) is 2.56. The molecular weight excluding hydrogens is 276 g/mol. The number of halogens is 1. The zero-order valence-electron chi connectivity index (χ0n) is 9.94. The van der Waals surface area contributed by atoms with E-state index in [0.29, 0.717) is 0 Å². The van der Waals surface area contributed by atoms with Crippen LogP contribution in [0.15, 0.2) is 41.0 Å². The molecule has 0 saturated carbocycles. The molecule has 1 heterocycles. The molecule has 1 aromatic heterocycles. The van der Waals surface area contributed by atoms with Crippen LogP contribution in [0, 0.1) is 13.8 Å². The number of benzene rings is 1. The quantitative estimate of drug-likeness (QED) is 0.919. The first-order valence-electron chi connectivity index (χ1n) is 5.52. The normalized spacial score (nSPS) is 12.5. The smallest absolute Gasteiger partial charge is 0.0569 e. The van der Waals surface area contributed by atoms with E-state index in [1.165, 1.54) is 5.56 Å². The average molecular weight is 291 g/mol.